The van der Waals surface area contributed by atoms with Crippen molar-refractivity contribution in [2.24, 2.45) is 22.0 Å². The van der Waals surface area contributed by atoms with Crippen LogP contribution >= 0.6 is 11.6 Å². The molecule has 0 aliphatic heterocycles. The van der Waals surface area contributed by atoms with Gasteiger partial charge in [-0.25, -0.2) is 0 Å². The van der Waals surface area contributed by atoms with Gasteiger partial charge in [-0.2, -0.15) is 10.2 Å². The summed E-state index contributed by atoms with van der Waals surface area (Å²) >= 11 is 7.47. The molecule has 4 unspecified atom stereocenters. The minimum absolute atomic E-state index is 0.161. The van der Waals surface area contributed by atoms with Gasteiger partial charge in [-0.1, -0.05) is 90.3 Å². The number of hydrazone groups is 2. The Morgan fingerprint density at radius 1 is 0.566 bits per heavy atom. The van der Waals surface area contributed by atoms with Crippen molar-refractivity contribution < 1.29 is 0 Å². The second kappa shape index (κ2) is 19.2. The Morgan fingerprint density at radius 2 is 0.925 bits per heavy atom. The molecule has 0 bridgehead atoms. The van der Waals surface area contributed by atoms with Crippen molar-refractivity contribution in [3.8, 4) is 0 Å². The lowest BCUT2D eigenvalue weighted by Crippen LogP contribution is -2.31. The summed E-state index contributed by atoms with van der Waals surface area (Å²) in [7, 11) is 12.5. The second-order valence-electron chi connectivity index (χ2n) is 15.5. The Morgan fingerprint density at radius 3 is 1.26 bits per heavy atom. The van der Waals surface area contributed by atoms with E-state index in [1.54, 1.807) is 0 Å². The molecule has 1 aliphatic rings. The van der Waals surface area contributed by atoms with E-state index in [0.717, 1.165) is 36.8 Å². The summed E-state index contributed by atoms with van der Waals surface area (Å²) in [6, 6.07) is 35.3. The van der Waals surface area contributed by atoms with Crippen LogP contribution in [0.1, 0.15) is 90.4 Å². The van der Waals surface area contributed by atoms with Crippen molar-refractivity contribution in [2.75, 3.05) is 52.1 Å². The molecule has 0 heterocycles. The molecular weight excluding hydrogens is 672 g/mol. The van der Waals surface area contributed by atoms with Crippen LogP contribution in [0.5, 0.6) is 0 Å². The summed E-state index contributed by atoms with van der Waals surface area (Å²) in [4.78, 5) is 4.23. The molecule has 4 aromatic carbocycles. The Hall–Kier alpha value is -4.29. The van der Waals surface area contributed by atoms with E-state index in [9.17, 15) is 0 Å². The molecule has 4 aromatic rings. The van der Waals surface area contributed by atoms with E-state index < -0.39 is 0 Å². The molecule has 282 valence electrons. The molecule has 0 aromatic heterocycles. The minimum Gasteiger partial charge on any atom is -0.378 e. The zero-order chi connectivity index (χ0) is 37.9. The quantitative estimate of drug-likeness (QED) is 0.0653. The first-order valence-electron chi connectivity index (χ1n) is 19.3. The minimum atomic E-state index is 0.161. The zero-order valence-corrected chi connectivity index (χ0v) is 34.0. The predicted octanol–water partition coefficient (Wildman–Crippen LogP) is 10.7. The van der Waals surface area contributed by atoms with Crippen LogP contribution in [-0.2, 0) is 0 Å². The number of halogens is 1. The first-order valence-corrected chi connectivity index (χ1v) is 19.8. The van der Waals surface area contributed by atoms with Crippen LogP contribution < -0.4 is 9.80 Å². The molecule has 0 spiro atoms. The number of aryl methyl sites for hydroxylation is 2. The van der Waals surface area contributed by atoms with Crippen molar-refractivity contribution in [1.82, 2.24) is 10.0 Å². The van der Waals surface area contributed by atoms with Crippen molar-refractivity contribution in [2.45, 2.75) is 76.3 Å². The fourth-order valence-corrected chi connectivity index (χ4v) is 8.11. The van der Waals surface area contributed by atoms with Gasteiger partial charge in [0.05, 0.1) is 24.5 Å². The average molecular weight is 733 g/mol. The largest absolute Gasteiger partial charge is 0.378 e. The molecule has 1 aliphatic carbocycles. The highest BCUT2D eigenvalue weighted by Gasteiger charge is 2.33. The van der Waals surface area contributed by atoms with E-state index in [0.29, 0.717) is 11.8 Å². The first kappa shape index (κ1) is 39.9. The van der Waals surface area contributed by atoms with Gasteiger partial charge in [0.2, 0.25) is 0 Å². The monoisotopic (exact) mass is 732 g/mol. The molecule has 0 saturated heterocycles. The fraction of sp³-hybridized carbons (Fsp3) is 0.435. The highest BCUT2D eigenvalue weighted by atomic mass is 35.5. The van der Waals surface area contributed by atoms with Crippen molar-refractivity contribution >= 4 is 35.4 Å². The van der Waals surface area contributed by atoms with Gasteiger partial charge in [0.1, 0.15) is 0 Å². The van der Waals surface area contributed by atoms with Crippen LogP contribution in [0, 0.1) is 25.7 Å². The third-order valence-electron chi connectivity index (χ3n) is 11.1. The fourth-order valence-electron chi connectivity index (χ4n) is 7.61. The number of hydrogen-bond donors (Lipinski definition) is 0. The maximum atomic E-state index is 7.47. The lowest BCUT2D eigenvalue weighted by molar-refractivity contribution is 0.184. The number of rotatable bonds is 16. The van der Waals surface area contributed by atoms with E-state index in [2.05, 4.69) is 173 Å². The van der Waals surface area contributed by atoms with Crippen LogP contribution in [0.2, 0.25) is 0 Å². The van der Waals surface area contributed by atoms with Gasteiger partial charge in [-0.05, 0) is 111 Å². The molecule has 5 rings (SSSR count). The number of nitrogens with zero attached hydrogens (tertiary/aromatic N) is 6. The molecule has 53 heavy (non-hydrogen) atoms. The molecule has 0 radical (unpaired) electrons. The van der Waals surface area contributed by atoms with Gasteiger partial charge in [0.15, 0.2) is 0 Å². The Balaban J connectivity index is 1.25. The predicted molar refractivity (Wildman–Crippen MR) is 229 cm³/mol. The molecule has 6 nitrogen and oxygen atoms in total. The second-order valence-corrected chi connectivity index (χ2v) is 16.0. The summed E-state index contributed by atoms with van der Waals surface area (Å²) in [5.74, 6) is 0.969. The number of benzene rings is 4. The highest BCUT2D eigenvalue weighted by Crippen LogP contribution is 2.41. The Bertz CT molecular complexity index is 1600. The highest BCUT2D eigenvalue weighted by molar-refractivity contribution is 6.21. The summed E-state index contributed by atoms with van der Waals surface area (Å²) in [5, 5.41) is 14.4. The van der Waals surface area contributed by atoms with Crippen LogP contribution in [-0.4, -0.2) is 70.1 Å². The summed E-state index contributed by atoms with van der Waals surface area (Å²) < 4.78 is 0. The normalized spacial score (nSPS) is 18.6. The Kier molecular flexibility index (Phi) is 14.4. The Labute approximate surface area is 325 Å². The topological polar surface area (TPSA) is 37.7 Å². The van der Waals surface area contributed by atoms with Gasteiger partial charge >= 0.3 is 0 Å². The smallest absolute Gasteiger partial charge is 0.0716 e. The standard InChI is InChI=1S/C46H61ClN6/c1-34-12-20-38(21-13-34)44(52(7)48-32-36-16-26-42(27-17-36)50(3)4)30-24-40-10-9-11-41(46(40)47)25-31-45(39-22-14-35(2)15-23-39)53(8)49-33-37-18-28-43(29-19-37)51(5)6/h12-23,26-29,32-33,40-41,44-46H,9-11,24-25,30-31H2,1-8H3. The molecular formula is C46H61ClN6. The van der Waals surface area contributed by atoms with Crippen molar-refractivity contribution in [3.63, 3.8) is 0 Å². The van der Waals surface area contributed by atoms with Gasteiger partial charge in [-0.15, -0.1) is 11.6 Å². The number of alkyl halides is 1. The van der Waals surface area contributed by atoms with E-state index in [4.69, 9.17) is 21.8 Å². The van der Waals surface area contributed by atoms with Crippen LogP contribution in [0.4, 0.5) is 11.4 Å². The molecule has 0 N–H and O–H groups in total. The molecule has 1 saturated carbocycles. The SMILES string of the molecule is Cc1ccc(C(CCC2CCCC(CCC(c3ccc(C)cc3)N(C)N=Cc3ccc(N(C)C)cc3)C2Cl)N(C)N=Cc2ccc(N(C)C)cc2)cc1. The van der Waals surface area contributed by atoms with Gasteiger partial charge in [-0.3, -0.25) is 10.0 Å². The number of hydrogen-bond acceptors (Lipinski definition) is 6. The first-order chi connectivity index (χ1) is 25.5. The summed E-state index contributed by atoms with van der Waals surface area (Å²) in [6.45, 7) is 4.30. The van der Waals surface area contributed by atoms with Gasteiger partial charge in [0, 0.05) is 59.0 Å². The molecule has 0 amide bonds. The third kappa shape index (κ3) is 11.4. The van der Waals surface area contributed by atoms with Crippen LogP contribution in [0.3, 0.4) is 0 Å². The maximum Gasteiger partial charge on any atom is 0.0716 e. The summed E-state index contributed by atoms with van der Waals surface area (Å²) in [5.41, 5.74) is 9.71. The molecule has 4 atom stereocenters. The average Bonchev–Trinajstić information content (AvgIpc) is 3.16. The van der Waals surface area contributed by atoms with E-state index in [-0.39, 0.29) is 17.5 Å². The van der Waals surface area contributed by atoms with E-state index >= 15 is 0 Å². The molecule has 7 heteroatoms. The van der Waals surface area contributed by atoms with Crippen molar-refractivity contribution in [1.29, 1.82) is 0 Å². The summed E-state index contributed by atoms with van der Waals surface area (Å²) in [6.07, 6.45) is 11.8. The zero-order valence-electron chi connectivity index (χ0n) is 33.3. The lowest BCUT2D eigenvalue weighted by Gasteiger charge is -2.37. The third-order valence-corrected chi connectivity index (χ3v) is 11.8. The van der Waals surface area contributed by atoms with Crippen molar-refractivity contribution in [3.05, 3.63) is 130 Å². The van der Waals surface area contributed by atoms with Crippen LogP contribution in [0.15, 0.2) is 107 Å². The van der Waals surface area contributed by atoms with E-state index in [1.807, 2.05) is 12.4 Å². The maximum absolute atomic E-state index is 7.47. The van der Waals surface area contributed by atoms with Gasteiger partial charge in [0.25, 0.3) is 0 Å². The van der Waals surface area contributed by atoms with Gasteiger partial charge < -0.3 is 9.80 Å². The lowest BCUT2D eigenvalue weighted by atomic mass is 9.75. The molecule has 1 fully saturated rings. The van der Waals surface area contributed by atoms with E-state index in [1.165, 1.54) is 52.9 Å². The number of anilines is 2. The van der Waals surface area contributed by atoms with Crippen LogP contribution in [0.25, 0.3) is 0 Å².